The van der Waals surface area contributed by atoms with Crippen molar-refractivity contribution in [2.75, 3.05) is 0 Å². The number of aryl methyl sites for hydroxylation is 2. The molecule has 0 spiro atoms. The van der Waals surface area contributed by atoms with Gasteiger partial charge in [-0.1, -0.05) is 29.3 Å². The molecular weight excluding hydrogens is 222 g/mol. The molecule has 0 aromatic heterocycles. The number of benzene rings is 1. The Kier molecular flexibility index (Phi) is 3.45. The first kappa shape index (κ1) is 12.1. The molecule has 0 unspecified atom stereocenters. The molecule has 0 heterocycles. The van der Waals surface area contributed by atoms with Gasteiger partial charge in [-0.3, -0.25) is 4.79 Å². The van der Waals surface area contributed by atoms with Crippen molar-refractivity contribution in [2.45, 2.75) is 25.7 Å². The van der Waals surface area contributed by atoms with Crippen LogP contribution in [0.15, 0.2) is 18.2 Å². The van der Waals surface area contributed by atoms with Gasteiger partial charge < -0.3 is 0 Å². The second-order valence-electron chi connectivity index (χ2n) is 3.59. The Bertz CT molecular complexity index is 362. The molecule has 0 saturated carbocycles. The first-order valence-electron chi connectivity index (χ1n) is 4.46. The summed E-state index contributed by atoms with van der Waals surface area (Å²) in [6.45, 7) is 3.69. The van der Waals surface area contributed by atoms with Gasteiger partial charge in [-0.15, -0.1) is 0 Å². The number of ketones is 1. The molecule has 1 aromatic rings. The van der Waals surface area contributed by atoms with Crippen molar-refractivity contribution < 1.29 is 13.6 Å². The molecule has 4 heteroatoms. The Labute approximate surface area is 92.1 Å². The maximum atomic E-state index is 12.4. The zero-order valence-electron chi connectivity index (χ0n) is 8.48. The number of carbonyl (C=O) groups is 1. The summed E-state index contributed by atoms with van der Waals surface area (Å²) >= 11 is 4.63. The monoisotopic (exact) mass is 232 g/mol. The minimum absolute atomic E-state index is 0.334. The van der Waals surface area contributed by atoms with E-state index in [1.807, 2.05) is 19.9 Å². The molecule has 0 aliphatic heterocycles. The van der Waals surface area contributed by atoms with E-state index in [-0.39, 0.29) is 6.42 Å². The lowest BCUT2D eigenvalue weighted by molar-refractivity contribution is -0.132. The molecule has 0 bridgehead atoms. The zero-order valence-corrected chi connectivity index (χ0v) is 9.24. The topological polar surface area (TPSA) is 17.1 Å². The highest BCUT2D eigenvalue weighted by Crippen LogP contribution is 2.22. The first-order valence-corrected chi connectivity index (χ1v) is 4.84. The minimum Gasteiger partial charge on any atom is -0.291 e. The molecule has 82 valence electrons. The fraction of sp³-hybridized carbons (Fsp3) is 0.364. The number of Topliss-reactive ketones (excluding diaryl/α,β-unsaturated/α-hetero) is 1. The van der Waals surface area contributed by atoms with Crippen LogP contribution in [0.25, 0.3) is 0 Å². The Morgan fingerprint density at radius 2 is 1.73 bits per heavy atom. The van der Waals surface area contributed by atoms with Crippen LogP contribution in [0.1, 0.15) is 16.7 Å². The van der Waals surface area contributed by atoms with Crippen molar-refractivity contribution in [3.8, 4) is 0 Å². The van der Waals surface area contributed by atoms with Crippen LogP contribution < -0.4 is 0 Å². The SMILES string of the molecule is Cc1cc(C)cc(CC(=O)C(F)(F)Cl)c1. The summed E-state index contributed by atoms with van der Waals surface area (Å²) in [6, 6.07) is 5.31. The Morgan fingerprint density at radius 1 is 1.27 bits per heavy atom. The summed E-state index contributed by atoms with van der Waals surface area (Å²) in [4.78, 5) is 11.0. The Balaban J connectivity index is 2.86. The third-order valence-corrected chi connectivity index (χ3v) is 2.17. The van der Waals surface area contributed by atoms with E-state index in [0.29, 0.717) is 5.56 Å². The van der Waals surface area contributed by atoms with E-state index in [0.717, 1.165) is 11.1 Å². The van der Waals surface area contributed by atoms with Gasteiger partial charge in [0, 0.05) is 6.42 Å². The molecule has 15 heavy (non-hydrogen) atoms. The van der Waals surface area contributed by atoms with Crippen molar-refractivity contribution in [2.24, 2.45) is 0 Å². The predicted molar refractivity (Wildman–Crippen MR) is 55.4 cm³/mol. The minimum atomic E-state index is -3.77. The largest absolute Gasteiger partial charge is 0.380 e. The number of alkyl halides is 3. The van der Waals surface area contributed by atoms with E-state index in [1.165, 1.54) is 0 Å². The summed E-state index contributed by atoms with van der Waals surface area (Å²) in [7, 11) is 0. The third-order valence-electron chi connectivity index (χ3n) is 1.96. The summed E-state index contributed by atoms with van der Waals surface area (Å²) in [5, 5.41) is -3.77. The van der Waals surface area contributed by atoms with Crippen LogP contribution in [0.4, 0.5) is 8.78 Å². The van der Waals surface area contributed by atoms with Crippen molar-refractivity contribution in [3.05, 3.63) is 34.9 Å². The zero-order chi connectivity index (χ0) is 11.6. The van der Waals surface area contributed by atoms with E-state index >= 15 is 0 Å². The van der Waals surface area contributed by atoms with Crippen LogP contribution in [-0.4, -0.2) is 11.2 Å². The van der Waals surface area contributed by atoms with Crippen LogP contribution in [0.5, 0.6) is 0 Å². The van der Waals surface area contributed by atoms with Gasteiger partial charge in [-0.05, 0) is 31.0 Å². The lowest BCUT2D eigenvalue weighted by Gasteiger charge is -2.07. The van der Waals surface area contributed by atoms with Crippen molar-refractivity contribution in [3.63, 3.8) is 0 Å². The lowest BCUT2D eigenvalue weighted by Crippen LogP contribution is -2.23. The highest BCUT2D eigenvalue weighted by Gasteiger charge is 2.34. The van der Waals surface area contributed by atoms with Gasteiger partial charge in [0.2, 0.25) is 5.78 Å². The number of rotatable bonds is 3. The normalized spacial score (nSPS) is 11.5. The van der Waals surface area contributed by atoms with Crippen LogP contribution in [0.2, 0.25) is 0 Å². The first-order chi connectivity index (χ1) is 6.79. The van der Waals surface area contributed by atoms with Gasteiger partial charge in [0.1, 0.15) is 0 Å². The van der Waals surface area contributed by atoms with Gasteiger partial charge in [0.25, 0.3) is 0 Å². The Morgan fingerprint density at radius 3 is 2.13 bits per heavy atom. The molecule has 0 aliphatic rings. The van der Waals surface area contributed by atoms with Crippen LogP contribution >= 0.6 is 11.6 Å². The molecule has 1 nitrogen and oxygen atoms in total. The van der Waals surface area contributed by atoms with Crippen LogP contribution in [-0.2, 0) is 11.2 Å². The highest BCUT2D eigenvalue weighted by atomic mass is 35.5. The maximum absolute atomic E-state index is 12.4. The van der Waals surface area contributed by atoms with E-state index in [1.54, 1.807) is 12.1 Å². The number of hydrogen-bond donors (Lipinski definition) is 0. The van der Waals surface area contributed by atoms with Gasteiger partial charge in [-0.25, -0.2) is 0 Å². The van der Waals surface area contributed by atoms with Crippen LogP contribution in [0.3, 0.4) is 0 Å². The van der Waals surface area contributed by atoms with Gasteiger partial charge in [0.15, 0.2) is 0 Å². The molecule has 0 radical (unpaired) electrons. The summed E-state index contributed by atoms with van der Waals surface area (Å²) in [6.07, 6.45) is -0.334. The van der Waals surface area contributed by atoms with Gasteiger partial charge in [-0.2, -0.15) is 8.78 Å². The van der Waals surface area contributed by atoms with Gasteiger partial charge in [0.05, 0.1) is 0 Å². The fourth-order valence-electron chi connectivity index (χ4n) is 1.46. The van der Waals surface area contributed by atoms with E-state index in [9.17, 15) is 13.6 Å². The molecule has 1 aromatic carbocycles. The van der Waals surface area contributed by atoms with Crippen molar-refractivity contribution >= 4 is 17.4 Å². The standard InChI is InChI=1S/C11H11ClF2O/c1-7-3-8(2)5-9(4-7)6-10(15)11(12,13)14/h3-5H,6H2,1-2H3. The number of halogens is 3. The van der Waals surface area contributed by atoms with E-state index in [4.69, 9.17) is 0 Å². The molecular formula is C11H11ClF2O. The molecule has 0 N–H and O–H groups in total. The number of carbonyl (C=O) groups excluding carboxylic acids is 1. The van der Waals surface area contributed by atoms with E-state index in [2.05, 4.69) is 11.6 Å². The maximum Gasteiger partial charge on any atom is 0.380 e. The lowest BCUT2D eigenvalue weighted by atomic mass is 10.0. The highest BCUT2D eigenvalue weighted by molar-refractivity contribution is 6.32. The quantitative estimate of drug-likeness (QED) is 0.732. The summed E-state index contributed by atoms with van der Waals surface area (Å²) in [5.41, 5.74) is 2.45. The molecule has 0 saturated heterocycles. The molecule has 0 atom stereocenters. The van der Waals surface area contributed by atoms with E-state index < -0.39 is 11.2 Å². The average molecular weight is 233 g/mol. The smallest absolute Gasteiger partial charge is 0.291 e. The predicted octanol–water partition coefficient (Wildman–Crippen LogP) is 3.25. The average Bonchev–Trinajstić information content (AvgIpc) is 1.99. The summed E-state index contributed by atoms with van der Waals surface area (Å²) < 4.78 is 24.8. The fourth-order valence-corrected chi connectivity index (χ4v) is 1.52. The summed E-state index contributed by atoms with van der Waals surface area (Å²) in [5.74, 6) is -1.27. The van der Waals surface area contributed by atoms with Gasteiger partial charge >= 0.3 is 5.38 Å². The molecule has 1 rings (SSSR count). The second-order valence-corrected chi connectivity index (χ2v) is 4.07. The third kappa shape index (κ3) is 3.59. The molecule has 0 amide bonds. The molecule has 0 fully saturated rings. The van der Waals surface area contributed by atoms with Crippen molar-refractivity contribution in [1.82, 2.24) is 0 Å². The second kappa shape index (κ2) is 4.27. The van der Waals surface area contributed by atoms with Crippen LogP contribution in [0, 0.1) is 13.8 Å². The number of hydrogen-bond acceptors (Lipinski definition) is 1. The van der Waals surface area contributed by atoms with Crippen molar-refractivity contribution in [1.29, 1.82) is 0 Å². The Hall–Kier alpha value is -0.960. The molecule has 0 aliphatic carbocycles.